The van der Waals surface area contributed by atoms with Gasteiger partial charge in [0.05, 0.1) is 12.7 Å². The Hall–Kier alpha value is -0.200. The van der Waals surface area contributed by atoms with Crippen molar-refractivity contribution in [2.45, 2.75) is 11.7 Å². The first-order chi connectivity index (χ1) is 3.68. The molecule has 0 amide bonds. The molecule has 0 aliphatic carbocycles. The van der Waals surface area contributed by atoms with E-state index < -0.39 is 4.75 Å². The lowest BCUT2D eigenvalue weighted by Crippen LogP contribution is -2.21. The monoisotopic (exact) mass is 131 g/mol. The Kier molecular flexibility index (Phi) is 2.88. The Morgan fingerprint density at radius 3 is 2.38 bits per heavy atom. The second-order valence-corrected chi connectivity index (χ2v) is 3.01. The minimum atomic E-state index is -0.597. The van der Waals surface area contributed by atoms with Crippen molar-refractivity contribution >= 4 is 11.8 Å². The fourth-order valence-corrected chi connectivity index (χ4v) is 0.366. The van der Waals surface area contributed by atoms with Crippen LogP contribution >= 0.6 is 11.8 Å². The lowest BCUT2D eigenvalue weighted by Gasteiger charge is -2.13. The molecule has 0 aromatic carbocycles. The Balaban J connectivity index is 3.83. The van der Waals surface area contributed by atoms with Crippen molar-refractivity contribution in [3.05, 3.63) is 0 Å². The molecule has 46 valence electrons. The van der Waals surface area contributed by atoms with Crippen LogP contribution in [0.15, 0.2) is 0 Å². The normalized spacial score (nSPS) is 16.8. The minimum absolute atomic E-state index is 0.0787. The molecule has 0 rings (SSSR count). The van der Waals surface area contributed by atoms with E-state index in [0.717, 1.165) is 0 Å². The van der Waals surface area contributed by atoms with Gasteiger partial charge in [0.1, 0.15) is 4.75 Å². The Morgan fingerprint density at radius 2 is 2.38 bits per heavy atom. The summed E-state index contributed by atoms with van der Waals surface area (Å²) in [6.45, 7) is 1.63. The summed E-state index contributed by atoms with van der Waals surface area (Å²) in [7, 11) is 0. The van der Waals surface area contributed by atoms with E-state index in [0.29, 0.717) is 0 Å². The van der Waals surface area contributed by atoms with Gasteiger partial charge in [-0.25, -0.2) is 0 Å². The van der Waals surface area contributed by atoms with Crippen LogP contribution in [0.5, 0.6) is 0 Å². The van der Waals surface area contributed by atoms with Crippen molar-refractivity contribution in [1.82, 2.24) is 0 Å². The van der Waals surface area contributed by atoms with Gasteiger partial charge in [-0.15, -0.1) is 11.8 Å². The molecule has 0 fully saturated rings. The molecule has 0 heterocycles. The zero-order valence-electron chi connectivity index (χ0n) is 5.01. The second-order valence-electron chi connectivity index (χ2n) is 1.70. The van der Waals surface area contributed by atoms with Crippen LogP contribution < -0.4 is 0 Å². The van der Waals surface area contributed by atoms with E-state index >= 15 is 0 Å². The van der Waals surface area contributed by atoms with Crippen LogP contribution in [0.2, 0.25) is 0 Å². The van der Waals surface area contributed by atoms with Crippen molar-refractivity contribution in [1.29, 1.82) is 5.26 Å². The molecule has 2 nitrogen and oxygen atoms in total. The summed E-state index contributed by atoms with van der Waals surface area (Å²) in [6.07, 6.45) is 1.80. The first-order valence-corrected chi connectivity index (χ1v) is 3.48. The van der Waals surface area contributed by atoms with Gasteiger partial charge in [-0.1, -0.05) is 0 Å². The quantitative estimate of drug-likeness (QED) is 0.597. The number of nitriles is 1. The van der Waals surface area contributed by atoms with Gasteiger partial charge in [-0.05, 0) is 13.2 Å². The Morgan fingerprint density at radius 1 is 1.88 bits per heavy atom. The van der Waals surface area contributed by atoms with Crippen molar-refractivity contribution in [3.63, 3.8) is 0 Å². The Bertz CT molecular complexity index is 103. The number of nitrogens with zero attached hydrogens (tertiary/aromatic N) is 1. The van der Waals surface area contributed by atoms with E-state index in [1.807, 2.05) is 6.07 Å². The molecule has 3 heteroatoms. The molecule has 0 saturated heterocycles. The van der Waals surface area contributed by atoms with Crippen LogP contribution in [0.4, 0.5) is 0 Å². The van der Waals surface area contributed by atoms with Crippen LogP contribution in [0, 0.1) is 11.3 Å². The van der Waals surface area contributed by atoms with E-state index in [4.69, 9.17) is 10.4 Å². The highest BCUT2D eigenvalue weighted by atomic mass is 32.2. The number of aliphatic hydroxyl groups is 1. The summed E-state index contributed by atoms with van der Waals surface area (Å²) in [4.78, 5) is 0. The molecule has 0 aromatic heterocycles. The predicted molar refractivity (Wildman–Crippen MR) is 34.6 cm³/mol. The van der Waals surface area contributed by atoms with Crippen LogP contribution in [-0.4, -0.2) is 22.7 Å². The Labute approximate surface area is 53.5 Å². The molecule has 0 aliphatic rings. The number of hydrogen-bond acceptors (Lipinski definition) is 3. The first-order valence-electron chi connectivity index (χ1n) is 2.26. The third-order valence-corrected chi connectivity index (χ3v) is 2.11. The first kappa shape index (κ1) is 7.80. The maximum atomic E-state index is 8.54. The largest absolute Gasteiger partial charge is 0.394 e. The molecule has 0 aromatic rings. The number of aliphatic hydroxyl groups excluding tert-OH is 1. The van der Waals surface area contributed by atoms with Gasteiger partial charge in [0.15, 0.2) is 0 Å². The van der Waals surface area contributed by atoms with Crippen molar-refractivity contribution in [3.8, 4) is 6.07 Å². The van der Waals surface area contributed by atoms with Crippen LogP contribution in [0.25, 0.3) is 0 Å². The molecule has 8 heavy (non-hydrogen) atoms. The smallest absolute Gasteiger partial charge is 0.122 e. The summed E-state index contributed by atoms with van der Waals surface area (Å²) in [5.41, 5.74) is 0. The molecule has 1 N–H and O–H groups in total. The van der Waals surface area contributed by atoms with E-state index in [1.54, 1.807) is 13.2 Å². The SMILES string of the molecule is CSC(C)(C#N)CO. The molecule has 0 aliphatic heterocycles. The predicted octanol–water partition coefficient (Wildman–Crippen LogP) is 0.624. The van der Waals surface area contributed by atoms with Gasteiger partial charge in [0.2, 0.25) is 0 Å². The van der Waals surface area contributed by atoms with Gasteiger partial charge in [0, 0.05) is 0 Å². The average Bonchev–Trinajstić information content (AvgIpc) is 1.87. The molecule has 1 atom stereocenters. The van der Waals surface area contributed by atoms with Crippen molar-refractivity contribution < 1.29 is 5.11 Å². The third kappa shape index (κ3) is 1.73. The van der Waals surface area contributed by atoms with Crippen molar-refractivity contribution in [2.24, 2.45) is 0 Å². The fourth-order valence-electron chi connectivity index (χ4n) is 0.146. The zero-order chi connectivity index (χ0) is 6.62. The average molecular weight is 131 g/mol. The van der Waals surface area contributed by atoms with Crippen LogP contribution in [0.1, 0.15) is 6.92 Å². The highest BCUT2D eigenvalue weighted by molar-refractivity contribution is 8.00. The summed E-state index contributed by atoms with van der Waals surface area (Å²) >= 11 is 1.36. The van der Waals surface area contributed by atoms with Gasteiger partial charge in [-0.2, -0.15) is 5.26 Å². The van der Waals surface area contributed by atoms with Crippen LogP contribution in [-0.2, 0) is 0 Å². The zero-order valence-corrected chi connectivity index (χ0v) is 5.83. The van der Waals surface area contributed by atoms with Gasteiger partial charge in [-0.3, -0.25) is 0 Å². The summed E-state index contributed by atoms with van der Waals surface area (Å²) < 4.78 is -0.597. The van der Waals surface area contributed by atoms with Gasteiger partial charge in [0.25, 0.3) is 0 Å². The van der Waals surface area contributed by atoms with Gasteiger partial charge < -0.3 is 5.11 Å². The van der Waals surface area contributed by atoms with Crippen molar-refractivity contribution in [2.75, 3.05) is 12.9 Å². The number of rotatable bonds is 2. The molecule has 1 unspecified atom stereocenters. The number of hydrogen-bond donors (Lipinski definition) is 1. The summed E-state index contributed by atoms with van der Waals surface area (Å²) in [5, 5.41) is 16.9. The van der Waals surface area contributed by atoms with E-state index in [2.05, 4.69) is 0 Å². The fraction of sp³-hybridized carbons (Fsp3) is 0.800. The highest BCUT2D eigenvalue weighted by Gasteiger charge is 2.19. The molecule has 0 spiro atoms. The van der Waals surface area contributed by atoms with E-state index in [9.17, 15) is 0 Å². The molecular formula is C5H9NOS. The summed E-state index contributed by atoms with van der Waals surface area (Å²) in [6, 6.07) is 1.99. The standard InChI is InChI=1S/C5H9NOS/c1-5(3-6,4-7)8-2/h7H,4H2,1-2H3. The molecular weight excluding hydrogens is 122 g/mol. The number of thioether (sulfide) groups is 1. The maximum Gasteiger partial charge on any atom is 0.122 e. The molecule has 0 bridgehead atoms. The lowest BCUT2D eigenvalue weighted by atomic mass is 10.2. The lowest BCUT2D eigenvalue weighted by molar-refractivity contribution is 0.279. The van der Waals surface area contributed by atoms with Gasteiger partial charge >= 0.3 is 0 Å². The maximum absolute atomic E-state index is 8.54. The van der Waals surface area contributed by atoms with E-state index in [-0.39, 0.29) is 6.61 Å². The summed E-state index contributed by atoms with van der Waals surface area (Å²) in [5.74, 6) is 0. The second kappa shape index (κ2) is 2.95. The molecule has 0 saturated carbocycles. The topological polar surface area (TPSA) is 44.0 Å². The third-order valence-electron chi connectivity index (χ3n) is 0.989. The van der Waals surface area contributed by atoms with Crippen LogP contribution in [0.3, 0.4) is 0 Å². The highest BCUT2D eigenvalue weighted by Crippen LogP contribution is 2.18. The van der Waals surface area contributed by atoms with E-state index in [1.165, 1.54) is 11.8 Å². The minimum Gasteiger partial charge on any atom is -0.394 e. The molecule has 0 radical (unpaired) electrons.